The maximum atomic E-state index is 8.48. The molecule has 1 heterocycles. The lowest BCUT2D eigenvalue weighted by Gasteiger charge is -2.04. The zero-order valence-corrected chi connectivity index (χ0v) is 8.83. The van der Waals surface area contributed by atoms with Gasteiger partial charge < -0.3 is 0 Å². The van der Waals surface area contributed by atoms with E-state index < -0.39 is 0 Å². The molecule has 16 heavy (non-hydrogen) atoms. The minimum absolute atomic E-state index is 0.621. The highest BCUT2D eigenvalue weighted by Crippen LogP contribution is 2.29. The van der Waals surface area contributed by atoms with E-state index in [1.807, 2.05) is 37.3 Å². The Bertz CT molecular complexity index is 539. The van der Waals surface area contributed by atoms with Crippen molar-refractivity contribution in [3.8, 4) is 11.1 Å². The molecule has 1 aromatic carbocycles. The van der Waals surface area contributed by atoms with E-state index in [2.05, 4.69) is 15.0 Å². The Morgan fingerprint density at radius 3 is 2.69 bits per heavy atom. The van der Waals surface area contributed by atoms with Gasteiger partial charge in [-0.3, -0.25) is 4.98 Å². The van der Waals surface area contributed by atoms with Crippen molar-refractivity contribution < 1.29 is 0 Å². The van der Waals surface area contributed by atoms with Crippen molar-refractivity contribution in [2.24, 2.45) is 5.11 Å². The third-order valence-electron chi connectivity index (χ3n) is 2.28. The second kappa shape index (κ2) is 4.47. The van der Waals surface area contributed by atoms with Gasteiger partial charge in [-0.1, -0.05) is 35.4 Å². The van der Waals surface area contributed by atoms with Crippen molar-refractivity contribution in [3.05, 3.63) is 58.7 Å². The van der Waals surface area contributed by atoms with E-state index in [0.29, 0.717) is 5.69 Å². The van der Waals surface area contributed by atoms with Gasteiger partial charge in [-0.2, -0.15) is 0 Å². The first kappa shape index (κ1) is 10.2. The molecule has 0 saturated heterocycles. The number of azide groups is 1. The number of benzene rings is 1. The molecular formula is C12H10N4. The molecule has 0 amide bonds. The van der Waals surface area contributed by atoms with Crippen molar-refractivity contribution in [1.29, 1.82) is 0 Å². The summed E-state index contributed by atoms with van der Waals surface area (Å²) in [6.45, 7) is 1.93. The van der Waals surface area contributed by atoms with Crippen LogP contribution in [0.4, 0.5) is 5.69 Å². The van der Waals surface area contributed by atoms with Crippen LogP contribution in [0.1, 0.15) is 5.69 Å². The van der Waals surface area contributed by atoms with Crippen LogP contribution in [0.25, 0.3) is 21.6 Å². The summed E-state index contributed by atoms with van der Waals surface area (Å²) in [6, 6.07) is 11.3. The first-order valence-corrected chi connectivity index (χ1v) is 4.88. The van der Waals surface area contributed by atoms with E-state index in [9.17, 15) is 0 Å². The van der Waals surface area contributed by atoms with Gasteiger partial charge in [0, 0.05) is 28.1 Å². The monoisotopic (exact) mass is 210 g/mol. The summed E-state index contributed by atoms with van der Waals surface area (Å²) in [5.74, 6) is 0. The van der Waals surface area contributed by atoms with Crippen LogP contribution in [0, 0.1) is 6.92 Å². The van der Waals surface area contributed by atoms with Gasteiger partial charge in [0.05, 0.1) is 0 Å². The molecule has 0 saturated carbocycles. The molecule has 0 aliphatic rings. The molecule has 4 nitrogen and oxygen atoms in total. The zero-order chi connectivity index (χ0) is 11.4. The fraction of sp³-hybridized carbons (Fsp3) is 0.0833. The van der Waals surface area contributed by atoms with Crippen LogP contribution in [-0.2, 0) is 0 Å². The van der Waals surface area contributed by atoms with Crippen molar-refractivity contribution in [1.82, 2.24) is 4.98 Å². The molecule has 1 aromatic heterocycles. The lowest BCUT2D eigenvalue weighted by atomic mass is 10.1. The Hall–Kier alpha value is -2.32. The maximum Gasteiger partial charge on any atom is 0.0454 e. The normalized spacial score (nSPS) is 9.56. The van der Waals surface area contributed by atoms with E-state index in [1.165, 1.54) is 0 Å². The standard InChI is InChI=1S/C12H10N4/c1-9-6-7-10(8-14-9)11-4-2-3-5-12(11)15-16-13/h2-8H,1H3. The molecule has 78 valence electrons. The van der Waals surface area contributed by atoms with Crippen LogP contribution in [0.3, 0.4) is 0 Å². The number of rotatable bonds is 2. The molecule has 0 atom stereocenters. The van der Waals surface area contributed by atoms with E-state index >= 15 is 0 Å². The zero-order valence-electron chi connectivity index (χ0n) is 8.83. The summed E-state index contributed by atoms with van der Waals surface area (Å²) < 4.78 is 0. The minimum Gasteiger partial charge on any atom is -0.261 e. The smallest absolute Gasteiger partial charge is 0.0454 e. The molecule has 0 fully saturated rings. The van der Waals surface area contributed by atoms with Gasteiger partial charge in [0.15, 0.2) is 0 Å². The Kier molecular flexibility index (Phi) is 2.85. The third-order valence-corrected chi connectivity index (χ3v) is 2.28. The van der Waals surface area contributed by atoms with Crippen LogP contribution in [0.2, 0.25) is 0 Å². The summed E-state index contributed by atoms with van der Waals surface area (Å²) >= 11 is 0. The lowest BCUT2D eigenvalue weighted by molar-refractivity contribution is 1.20. The molecule has 0 N–H and O–H groups in total. The molecule has 0 bridgehead atoms. The molecule has 0 unspecified atom stereocenters. The predicted molar refractivity (Wildman–Crippen MR) is 63.2 cm³/mol. The third kappa shape index (κ3) is 2.02. The number of aryl methyl sites for hydroxylation is 1. The summed E-state index contributed by atoms with van der Waals surface area (Å²) in [5, 5.41) is 3.66. The van der Waals surface area contributed by atoms with Gasteiger partial charge in [-0.25, -0.2) is 0 Å². The van der Waals surface area contributed by atoms with Crippen LogP contribution >= 0.6 is 0 Å². The van der Waals surface area contributed by atoms with E-state index in [-0.39, 0.29) is 0 Å². The fourth-order valence-corrected chi connectivity index (χ4v) is 1.48. The van der Waals surface area contributed by atoms with Crippen LogP contribution < -0.4 is 0 Å². The van der Waals surface area contributed by atoms with E-state index in [4.69, 9.17) is 5.53 Å². The molecule has 2 rings (SSSR count). The second-order valence-corrected chi connectivity index (χ2v) is 3.39. The Labute approximate surface area is 93.2 Å². The van der Waals surface area contributed by atoms with Crippen LogP contribution in [0.15, 0.2) is 47.7 Å². The lowest BCUT2D eigenvalue weighted by Crippen LogP contribution is -1.83. The number of pyridine rings is 1. The first-order chi connectivity index (χ1) is 7.81. The molecule has 2 aromatic rings. The average molecular weight is 210 g/mol. The van der Waals surface area contributed by atoms with Gasteiger partial charge in [-0.05, 0) is 24.1 Å². The van der Waals surface area contributed by atoms with Gasteiger partial charge in [0.1, 0.15) is 0 Å². The minimum atomic E-state index is 0.621. The summed E-state index contributed by atoms with van der Waals surface area (Å²) in [6.07, 6.45) is 1.78. The summed E-state index contributed by atoms with van der Waals surface area (Å²) in [5.41, 5.74) is 11.9. The molecule has 0 spiro atoms. The Morgan fingerprint density at radius 2 is 2.00 bits per heavy atom. The second-order valence-electron chi connectivity index (χ2n) is 3.39. The highest BCUT2D eigenvalue weighted by molar-refractivity contribution is 5.75. The van der Waals surface area contributed by atoms with Gasteiger partial charge >= 0.3 is 0 Å². The summed E-state index contributed by atoms with van der Waals surface area (Å²) in [7, 11) is 0. The van der Waals surface area contributed by atoms with Crippen LogP contribution in [-0.4, -0.2) is 4.98 Å². The number of aromatic nitrogens is 1. The topological polar surface area (TPSA) is 61.7 Å². The highest BCUT2D eigenvalue weighted by Gasteiger charge is 2.02. The van der Waals surface area contributed by atoms with Crippen LogP contribution in [0.5, 0.6) is 0 Å². The van der Waals surface area contributed by atoms with E-state index in [1.54, 1.807) is 12.3 Å². The molecular weight excluding hydrogens is 200 g/mol. The highest BCUT2D eigenvalue weighted by atomic mass is 15.1. The molecule has 4 heteroatoms. The van der Waals surface area contributed by atoms with Gasteiger partial charge in [0.2, 0.25) is 0 Å². The number of hydrogen-bond acceptors (Lipinski definition) is 2. The van der Waals surface area contributed by atoms with Gasteiger partial charge in [0.25, 0.3) is 0 Å². The summed E-state index contributed by atoms with van der Waals surface area (Å²) in [4.78, 5) is 7.04. The molecule has 0 radical (unpaired) electrons. The van der Waals surface area contributed by atoms with Crippen molar-refractivity contribution in [3.63, 3.8) is 0 Å². The molecule has 0 aliphatic carbocycles. The van der Waals surface area contributed by atoms with Crippen molar-refractivity contribution in [2.75, 3.05) is 0 Å². The number of hydrogen-bond donors (Lipinski definition) is 0. The first-order valence-electron chi connectivity index (χ1n) is 4.88. The Balaban J connectivity index is 2.55. The average Bonchev–Trinajstić information content (AvgIpc) is 2.32. The maximum absolute atomic E-state index is 8.48. The predicted octanol–water partition coefficient (Wildman–Crippen LogP) is 4.00. The number of nitrogens with zero attached hydrogens (tertiary/aromatic N) is 4. The van der Waals surface area contributed by atoms with E-state index in [0.717, 1.165) is 16.8 Å². The SMILES string of the molecule is Cc1ccc(-c2ccccc2N=[N+]=[N-])cn1. The molecule has 0 aliphatic heterocycles. The fourth-order valence-electron chi connectivity index (χ4n) is 1.48. The van der Waals surface area contributed by atoms with Crippen molar-refractivity contribution in [2.45, 2.75) is 6.92 Å². The Morgan fingerprint density at radius 1 is 1.19 bits per heavy atom. The largest absolute Gasteiger partial charge is 0.261 e. The van der Waals surface area contributed by atoms with Crippen molar-refractivity contribution >= 4 is 5.69 Å². The quantitative estimate of drug-likeness (QED) is 0.419. The van der Waals surface area contributed by atoms with Gasteiger partial charge in [-0.15, -0.1) is 0 Å².